The maximum Gasteiger partial charge on any atom is 0.248 e. The molecule has 0 saturated carbocycles. The molecule has 3 amide bonds. The van der Waals surface area contributed by atoms with Crippen LogP contribution in [0, 0.1) is 5.82 Å². The van der Waals surface area contributed by atoms with Crippen molar-refractivity contribution >= 4 is 29.3 Å². The lowest BCUT2D eigenvalue weighted by atomic mass is 10.0. The van der Waals surface area contributed by atoms with Crippen molar-refractivity contribution in [3.8, 4) is 0 Å². The highest BCUT2D eigenvalue weighted by Gasteiger charge is 2.46. The summed E-state index contributed by atoms with van der Waals surface area (Å²) in [6.07, 6.45) is -4.92. The van der Waals surface area contributed by atoms with Crippen LogP contribution < -0.4 is 5.32 Å². The maximum atomic E-state index is 14.2. The number of halogens is 2. The fraction of sp³-hybridized carbons (Fsp3) is 0.667. The number of carbonyl (C=O) groups is 3. The average molecular weight is 599 g/mol. The van der Waals surface area contributed by atoms with E-state index in [0.29, 0.717) is 25.1 Å². The largest absolute Gasteiger partial charge is 0.388 e. The summed E-state index contributed by atoms with van der Waals surface area (Å²) in [6.45, 7) is 1.31. The highest BCUT2D eigenvalue weighted by atomic mass is 35.5. The summed E-state index contributed by atoms with van der Waals surface area (Å²) < 4.78 is 31.0. The molecule has 4 aliphatic rings. The number of hydrogen-bond acceptors (Lipinski definition) is 9. The molecule has 41 heavy (non-hydrogen) atoms. The predicted molar refractivity (Wildman–Crippen MR) is 142 cm³/mol. The van der Waals surface area contributed by atoms with Gasteiger partial charge in [-0.25, -0.2) is 4.39 Å². The number of morpholine rings is 1. The topological polar surface area (TPSA) is 141 Å². The van der Waals surface area contributed by atoms with Gasteiger partial charge < -0.3 is 39.5 Å². The van der Waals surface area contributed by atoms with Crippen molar-refractivity contribution < 1.29 is 43.2 Å². The van der Waals surface area contributed by atoms with Crippen molar-refractivity contribution in [2.45, 2.75) is 62.0 Å². The average Bonchev–Trinajstić information content (AvgIpc) is 3.44. The Bertz CT molecular complexity index is 1150. The molecule has 0 spiro atoms. The third-order valence-corrected chi connectivity index (χ3v) is 8.47. The Balaban J connectivity index is 1.41. The number of nitrogens with one attached hydrogen (secondary N) is 1. The van der Waals surface area contributed by atoms with Gasteiger partial charge in [0, 0.05) is 52.4 Å². The molecule has 0 unspecified atom stereocenters. The Kier molecular flexibility index (Phi) is 9.43. The lowest BCUT2D eigenvalue weighted by Gasteiger charge is -2.38. The summed E-state index contributed by atoms with van der Waals surface area (Å²) in [5, 5.41) is 24.3. The van der Waals surface area contributed by atoms with E-state index in [0.717, 1.165) is 0 Å². The number of carbonyl (C=O) groups excluding carboxylic acids is 3. The monoisotopic (exact) mass is 598 g/mol. The molecule has 0 aliphatic carbocycles. The van der Waals surface area contributed by atoms with Crippen LogP contribution >= 0.6 is 11.6 Å². The molecule has 4 saturated heterocycles. The van der Waals surface area contributed by atoms with Crippen molar-refractivity contribution in [1.29, 1.82) is 0 Å². The highest BCUT2D eigenvalue weighted by Crippen LogP contribution is 2.28. The van der Waals surface area contributed by atoms with Crippen LogP contribution in [-0.4, -0.2) is 138 Å². The molecule has 6 bridgehead atoms. The van der Waals surface area contributed by atoms with Gasteiger partial charge in [0.25, 0.3) is 0 Å². The van der Waals surface area contributed by atoms with E-state index in [-0.39, 0.29) is 68.7 Å². The number of nitrogens with zero attached hydrogens (tertiary/aromatic N) is 3. The molecule has 12 nitrogen and oxygen atoms in total. The van der Waals surface area contributed by atoms with E-state index in [4.69, 9.17) is 25.8 Å². The van der Waals surface area contributed by atoms with Gasteiger partial charge >= 0.3 is 0 Å². The van der Waals surface area contributed by atoms with Crippen molar-refractivity contribution in [1.82, 2.24) is 20.0 Å². The second-order valence-electron chi connectivity index (χ2n) is 11.1. The molecule has 3 N–H and O–H groups in total. The Morgan fingerprint density at radius 3 is 2.71 bits per heavy atom. The van der Waals surface area contributed by atoms with Gasteiger partial charge in [-0.2, -0.15) is 0 Å². The second-order valence-corrected chi connectivity index (χ2v) is 11.5. The second kappa shape index (κ2) is 12.9. The molecule has 4 aliphatic heterocycles. The molecule has 4 fully saturated rings. The van der Waals surface area contributed by atoms with Gasteiger partial charge in [0.1, 0.15) is 30.7 Å². The number of rotatable bonds is 4. The fourth-order valence-electron chi connectivity index (χ4n) is 6.12. The van der Waals surface area contributed by atoms with Gasteiger partial charge in [0.15, 0.2) is 0 Å². The zero-order chi connectivity index (χ0) is 29.3. The summed E-state index contributed by atoms with van der Waals surface area (Å²) in [5.74, 6) is -1.46. The van der Waals surface area contributed by atoms with Crippen LogP contribution in [0.3, 0.4) is 0 Å². The third-order valence-electron chi connectivity index (χ3n) is 8.17. The van der Waals surface area contributed by atoms with E-state index in [1.54, 1.807) is 11.0 Å². The van der Waals surface area contributed by atoms with Crippen molar-refractivity contribution in [2.75, 3.05) is 53.0 Å². The normalized spacial score (nSPS) is 33.2. The Labute approximate surface area is 242 Å². The first kappa shape index (κ1) is 30.1. The first-order chi connectivity index (χ1) is 19.6. The summed E-state index contributed by atoms with van der Waals surface area (Å²) in [6, 6.07) is 3.54. The van der Waals surface area contributed by atoms with Gasteiger partial charge in [-0.05, 0) is 24.1 Å². The van der Waals surface area contributed by atoms with Crippen LogP contribution in [-0.2, 0) is 35.1 Å². The van der Waals surface area contributed by atoms with E-state index in [9.17, 15) is 29.0 Å². The lowest BCUT2D eigenvalue weighted by Crippen LogP contribution is -2.55. The maximum absolute atomic E-state index is 14.2. The standard InChI is InChI=1S/C27H36ClFN4O8/c1-39-14-24(35)33-12-17-11-31(4-5-40-17)27(38)20-7-16(10-32(20)9-15-2-3-18(28)19(29)6-15)30-23(34)8-21-25(36)26(37)22(13-33)41-21/h2-3,6,16-17,20-22,25-26,36-37H,4-5,7-14H2,1H3,(H,30,34)/t16-,17-,20-,21-,22+,25-,26+/m0/s1. The molecule has 1 aromatic rings. The van der Waals surface area contributed by atoms with E-state index in [1.165, 1.54) is 24.1 Å². The van der Waals surface area contributed by atoms with Crippen LogP contribution in [0.1, 0.15) is 18.4 Å². The Morgan fingerprint density at radius 1 is 1.17 bits per heavy atom. The molecule has 7 atom stereocenters. The molecule has 0 aromatic heterocycles. The molecular formula is C27H36ClFN4O8. The SMILES string of the molecule is COCC(=O)N1C[C@@H]2CN(CCO2)C(=O)[C@@H]2C[C@@H](CN2Cc2ccc(Cl)c(F)c2)NC(=O)C[C@@H]2O[C@H](C1)[C@@H](O)[C@H]2O. The van der Waals surface area contributed by atoms with E-state index in [2.05, 4.69) is 5.32 Å². The van der Waals surface area contributed by atoms with Gasteiger partial charge in [-0.3, -0.25) is 19.3 Å². The quantitative estimate of drug-likeness (QED) is 0.403. The first-order valence-corrected chi connectivity index (χ1v) is 14.2. The summed E-state index contributed by atoms with van der Waals surface area (Å²) in [7, 11) is 1.39. The first-order valence-electron chi connectivity index (χ1n) is 13.8. The van der Waals surface area contributed by atoms with Crippen LogP contribution in [0.4, 0.5) is 4.39 Å². The Morgan fingerprint density at radius 2 is 1.95 bits per heavy atom. The Hall–Kier alpha value is -2.39. The summed E-state index contributed by atoms with van der Waals surface area (Å²) in [5.41, 5.74) is 0.636. The number of likely N-dealkylation sites (tertiary alicyclic amines) is 1. The van der Waals surface area contributed by atoms with Crippen molar-refractivity contribution in [2.24, 2.45) is 0 Å². The van der Waals surface area contributed by atoms with Crippen molar-refractivity contribution in [3.05, 3.63) is 34.6 Å². The van der Waals surface area contributed by atoms with Gasteiger partial charge in [0.2, 0.25) is 17.7 Å². The zero-order valence-corrected chi connectivity index (χ0v) is 23.5. The predicted octanol–water partition coefficient (Wildman–Crippen LogP) is -0.866. The molecule has 226 valence electrons. The number of aliphatic hydroxyl groups excluding tert-OH is 2. The molecule has 1 aromatic carbocycles. The highest BCUT2D eigenvalue weighted by molar-refractivity contribution is 6.30. The minimum absolute atomic E-state index is 0.00589. The third kappa shape index (κ3) is 6.82. The molecule has 5 rings (SSSR count). The zero-order valence-electron chi connectivity index (χ0n) is 22.8. The van der Waals surface area contributed by atoms with Crippen LogP contribution in [0.5, 0.6) is 0 Å². The number of amides is 3. The van der Waals surface area contributed by atoms with Crippen LogP contribution in [0.15, 0.2) is 18.2 Å². The van der Waals surface area contributed by atoms with E-state index >= 15 is 0 Å². The lowest BCUT2D eigenvalue weighted by molar-refractivity contribution is -0.148. The number of ether oxygens (including phenoxy) is 3. The van der Waals surface area contributed by atoms with Gasteiger partial charge in [0.05, 0.1) is 36.3 Å². The fourth-order valence-corrected chi connectivity index (χ4v) is 6.24. The smallest absolute Gasteiger partial charge is 0.248 e. The molecule has 14 heteroatoms. The molecule has 4 heterocycles. The molecular weight excluding hydrogens is 563 g/mol. The van der Waals surface area contributed by atoms with Crippen molar-refractivity contribution in [3.63, 3.8) is 0 Å². The van der Waals surface area contributed by atoms with E-state index in [1.807, 2.05) is 4.90 Å². The minimum Gasteiger partial charge on any atom is -0.388 e. The number of aliphatic hydroxyl groups is 2. The molecule has 0 radical (unpaired) electrons. The number of hydrogen-bond donors (Lipinski definition) is 3. The number of benzene rings is 1. The van der Waals surface area contributed by atoms with Gasteiger partial charge in [-0.1, -0.05) is 17.7 Å². The number of fused-ring (bicyclic) bond motifs is 6. The van der Waals surface area contributed by atoms with Gasteiger partial charge in [-0.15, -0.1) is 0 Å². The van der Waals surface area contributed by atoms with Crippen LogP contribution in [0.25, 0.3) is 0 Å². The summed E-state index contributed by atoms with van der Waals surface area (Å²) >= 11 is 5.85. The number of methoxy groups -OCH3 is 1. The summed E-state index contributed by atoms with van der Waals surface area (Å²) in [4.78, 5) is 44.8. The van der Waals surface area contributed by atoms with E-state index < -0.39 is 48.3 Å². The van der Waals surface area contributed by atoms with Crippen LogP contribution in [0.2, 0.25) is 5.02 Å². The minimum atomic E-state index is -1.32.